The molecule has 0 aliphatic heterocycles. The quantitative estimate of drug-likeness (QED) is 0.833. The van der Waals surface area contributed by atoms with E-state index in [1.54, 1.807) is 19.9 Å². The van der Waals surface area contributed by atoms with E-state index in [2.05, 4.69) is 0 Å². The fraction of sp³-hybridized carbons (Fsp3) is 0.333. The molecule has 0 heterocycles. The molecule has 0 bridgehead atoms. The summed E-state index contributed by atoms with van der Waals surface area (Å²) in [7, 11) is -3.02. The number of hydrogen-bond donors (Lipinski definition) is 1. The monoisotopic (exact) mass is 350 g/mol. The topological polar surface area (TPSA) is 72.8 Å². The second-order valence-electron chi connectivity index (χ2n) is 5.98. The van der Waals surface area contributed by atoms with Crippen molar-refractivity contribution < 1.29 is 22.4 Å². The van der Waals surface area contributed by atoms with Crippen molar-refractivity contribution in [2.24, 2.45) is 0 Å². The first-order chi connectivity index (χ1) is 11.1. The molecule has 0 unspecified atom stereocenters. The lowest BCUT2D eigenvalue weighted by Gasteiger charge is -2.19. The minimum absolute atomic E-state index is 0.0864. The summed E-state index contributed by atoms with van der Waals surface area (Å²) in [6.07, 6.45) is 0. The molecule has 6 heteroatoms. The molecule has 0 amide bonds. The highest BCUT2D eigenvalue weighted by Gasteiger charge is 2.25. The van der Waals surface area contributed by atoms with Crippen LogP contribution in [0.5, 0.6) is 17.2 Å². The zero-order valence-electron chi connectivity index (χ0n) is 14.7. The SMILES string of the molecule is COc1c(C)cc(Oc2c(C)cc(C)cc2C)c(S(=O)(=O)O)c1C. The maximum atomic E-state index is 11.9. The van der Waals surface area contributed by atoms with E-state index in [9.17, 15) is 13.0 Å². The van der Waals surface area contributed by atoms with Crippen molar-refractivity contribution >= 4 is 10.1 Å². The van der Waals surface area contributed by atoms with Gasteiger partial charge in [-0.05, 0) is 57.4 Å². The number of benzene rings is 2. The van der Waals surface area contributed by atoms with Gasteiger partial charge in [0.25, 0.3) is 10.1 Å². The van der Waals surface area contributed by atoms with Crippen molar-refractivity contribution in [3.8, 4) is 17.2 Å². The molecule has 0 radical (unpaired) electrons. The van der Waals surface area contributed by atoms with E-state index >= 15 is 0 Å². The van der Waals surface area contributed by atoms with Crippen LogP contribution in [0.25, 0.3) is 0 Å². The third-order valence-corrected chi connectivity index (χ3v) is 4.91. The number of aryl methyl sites for hydroxylation is 4. The van der Waals surface area contributed by atoms with Crippen molar-refractivity contribution in [1.82, 2.24) is 0 Å². The normalized spacial score (nSPS) is 11.5. The summed E-state index contributed by atoms with van der Waals surface area (Å²) in [6.45, 7) is 9.14. The first kappa shape index (κ1) is 18.3. The highest BCUT2D eigenvalue weighted by Crippen LogP contribution is 2.40. The van der Waals surface area contributed by atoms with Gasteiger partial charge in [-0.15, -0.1) is 0 Å². The van der Waals surface area contributed by atoms with Crippen molar-refractivity contribution in [2.75, 3.05) is 7.11 Å². The third-order valence-electron chi connectivity index (χ3n) is 3.89. The lowest BCUT2D eigenvalue weighted by atomic mass is 10.1. The maximum Gasteiger partial charge on any atom is 0.298 e. The fourth-order valence-corrected chi connectivity index (χ4v) is 3.89. The van der Waals surface area contributed by atoms with Gasteiger partial charge < -0.3 is 9.47 Å². The van der Waals surface area contributed by atoms with Crippen LogP contribution in [0.4, 0.5) is 0 Å². The van der Waals surface area contributed by atoms with E-state index in [4.69, 9.17) is 9.47 Å². The number of ether oxygens (including phenoxy) is 2. The van der Waals surface area contributed by atoms with Crippen LogP contribution in [-0.2, 0) is 10.1 Å². The van der Waals surface area contributed by atoms with E-state index in [1.807, 2.05) is 32.9 Å². The summed E-state index contributed by atoms with van der Waals surface area (Å²) in [5.41, 5.74) is 3.91. The first-order valence-corrected chi connectivity index (χ1v) is 8.91. The molecule has 130 valence electrons. The average molecular weight is 350 g/mol. The van der Waals surface area contributed by atoms with E-state index in [0.717, 1.165) is 22.3 Å². The number of rotatable bonds is 4. The molecule has 1 N–H and O–H groups in total. The molecule has 0 aliphatic rings. The maximum absolute atomic E-state index is 11.9. The van der Waals surface area contributed by atoms with Gasteiger partial charge in [0, 0.05) is 5.56 Å². The van der Waals surface area contributed by atoms with Gasteiger partial charge in [0.15, 0.2) is 0 Å². The highest BCUT2D eigenvalue weighted by atomic mass is 32.2. The number of hydrogen-bond acceptors (Lipinski definition) is 4. The van der Waals surface area contributed by atoms with E-state index in [0.29, 0.717) is 17.1 Å². The molecule has 5 nitrogen and oxygen atoms in total. The molecule has 0 aromatic heterocycles. The Balaban J connectivity index is 2.72. The molecule has 0 saturated carbocycles. The minimum atomic E-state index is -4.47. The molecule has 2 rings (SSSR count). The Morgan fingerprint density at radius 3 is 1.83 bits per heavy atom. The average Bonchev–Trinajstić information content (AvgIpc) is 2.41. The molecule has 0 spiro atoms. The van der Waals surface area contributed by atoms with Crippen LogP contribution in [0.15, 0.2) is 23.1 Å². The third kappa shape index (κ3) is 3.39. The van der Waals surface area contributed by atoms with E-state index in [1.165, 1.54) is 7.11 Å². The second kappa shape index (κ2) is 6.45. The van der Waals surface area contributed by atoms with Gasteiger partial charge >= 0.3 is 0 Å². The van der Waals surface area contributed by atoms with Crippen LogP contribution < -0.4 is 9.47 Å². The summed E-state index contributed by atoms with van der Waals surface area (Å²) in [4.78, 5) is -0.274. The molecule has 0 saturated heterocycles. The summed E-state index contributed by atoms with van der Waals surface area (Å²) in [5.74, 6) is 1.07. The fourth-order valence-electron chi connectivity index (χ4n) is 3.06. The van der Waals surface area contributed by atoms with Gasteiger partial charge in [0.05, 0.1) is 7.11 Å². The first-order valence-electron chi connectivity index (χ1n) is 7.47. The van der Waals surface area contributed by atoms with Gasteiger partial charge in [-0.1, -0.05) is 17.7 Å². The Kier molecular flexibility index (Phi) is 4.92. The number of methoxy groups -OCH3 is 1. The molecule has 2 aromatic carbocycles. The summed E-state index contributed by atoms with van der Waals surface area (Å²) < 4.78 is 44.6. The van der Waals surface area contributed by atoms with Crippen LogP contribution >= 0.6 is 0 Å². The van der Waals surface area contributed by atoms with Crippen LogP contribution in [0.3, 0.4) is 0 Å². The zero-order valence-corrected chi connectivity index (χ0v) is 15.5. The largest absolute Gasteiger partial charge is 0.496 e. The zero-order chi connectivity index (χ0) is 18.2. The molecule has 0 fully saturated rings. The Hall–Kier alpha value is -2.05. The minimum Gasteiger partial charge on any atom is -0.496 e. The smallest absolute Gasteiger partial charge is 0.298 e. The van der Waals surface area contributed by atoms with Crippen molar-refractivity contribution in [3.63, 3.8) is 0 Å². The van der Waals surface area contributed by atoms with Crippen LogP contribution in [0.2, 0.25) is 0 Å². The Morgan fingerprint density at radius 2 is 1.38 bits per heavy atom. The summed E-state index contributed by atoms with van der Waals surface area (Å²) >= 11 is 0. The van der Waals surface area contributed by atoms with Gasteiger partial charge in [0.2, 0.25) is 0 Å². The van der Waals surface area contributed by atoms with E-state index in [-0.39, 0.29) is 10.6 Å². The van der Waals surface area contributed by atoms with Crippen LogP contribution in [0.1, 0.15) is 27.8 Å². The highest BCUT2D eigenvalue weighted by molar-refractivity contribution is 7.86. The predicted molar refractivity (Wildman–Crippen MR) is 93.0 cm³/mol. The van der Waals surface area contributed by atoms with Crippen LogP contribution in [-0.4, -0.2) is 20.1 Å². The Bertz CT molecular complexity index is 875. The Labute approximate surface area is 143 Å². The molecule has 0 atom stereocenters. The van der Waals surface area contributed by atoms with Gasteiger partial charge in [-0.2, -0.15) is 8.42 Å². The standard InChI is InChI=1S/C18H22O5S/c1-10-7-11(2)16(12(3)8-10)23-15-9-13(4)17(22-6)14(5)18(15)24(19,20)21/h7-9H,1-6H3,(H,19,20,21). The van der Waals surface area contributed by atoms with Crippen molar-refractivity contribution in [2.45, 2.75) is 39.5 Å². The van der Waals surface area contributed by atoms with Gasteiger partial charge in [0.1, 0.15) is 22.1 Å². The predicted octanol–water partition coefficient (Wildman–Crippen LogP) is 4.28. The Morgan fingerprint density at radius 1 is 0.875 bits per heavy atom. The molecular formula is C18H22O5S. The molecular weight excluding hydrogens is 328 g/mol. The van der Waals surface area contributed by atoms with Gasteiger partial charge in [-0.25, -0.2) is 0 Å². The second-order valence-corrected chi connectivity index (χ2v) is 7.34. The lowest BCUT2D eigenvalue weighted by molar-refractivity contribution is 0.399. The van der Waals surface area contributed by atoms with Gasteiger partial charge in [-0.3, -0.25) is 4.55 Å². The van der Waals surface area contributed by atoms with E-state index < -0.39 is 10.1 Å². The van der Waals surface area contributed by atoms with Crippen molar-refractivity contribution in [1.29, 1.82) is 0 Å². The van der Waals surface area contributed by atoms with Crippen LogP contribution in [0, 0.1) is 34.6 Å². The van der Waals surface area contributed by atoms with Crippen molar-refractivity contribution in [3.05, 3.63) is 46.0 Å². The lowest BCUT2D eigenvalue weighted by Crippen LogP contribution is -2.07. The summed E-state index contributed by atoms with van der Waals surface area (Å²) in [6, 6.07) is 5.48. The molecule has 2 aromatic rings. The molecule has 0 aliphatic carbocycles. The summed E-state index contributed by atoms with van der Waals surface area (Å²) in [5, 5.41) is 0. The molecule has 24 heavy (non-hydrogen) atoms.